The molecule has 2 aromatic rings. The number of thiazole rings is 1. The van der Waals surface area contributed by atoms with Crippen LogP contribution in [0.4, 0.5) is 14.7 Å². The Kier molecular flexibility index (Phi) is 9.85. The summed E-state index contributed by atoms with van der Waals surface area (Å²) in [5.41, 5.74) is 2.01. The molecule has 1 fully saturated rings. The highest BCUT2D eigenvalue weighted by molar-refractivity contribution is 7.14. The van der Waals surface area contributed by atoms with E-state index in [2.05, 4.69) is 10.3 Å². The van der Waals surface area contributed by atoms with Gasteiger partial charge in [0.15, 0.2) is 11.3 Å². The highest BCUT2D eigenvalue weighted by Gasteiger charge is 2.26. The van der Waals surface area contributed by atoms with Gasteiger partial charge in [0.2, 0.25) is 0 Å². The van der Waals surface area contributed by atoms with E-state index in [1.165, 1.54) is 18.4 Å². The van der Waals surface area contributed by atoms with E-state index < -0.39 is 11.9 Å². The Morgan fingerprint density at radius 2 is 1.92 bits per heavy atom. The van der Waals surface area contributed by atoms with Crippen LogP contribution in [0.1, 0.15) is 50.4 Å². The number of hydrogen-bond donors (Lipinski definition) is 1. The Labute approximate surface area is 221 Å². The SMILES string of the molecule is CCOC(=O)N1CCC(Nc2nc(-c3ccc(C(=O)N(CCC(C)C)C(=O)N(C)C#N)cc3)cs2)CC1. The molecular weight excluding hydrogens is 492 g/mol. The van der Waals surface area contributed by atoms with Crippen molar-refractivity contribution in [1.29, 1.82) is 5.26 Å². The van der Waals surface area contributed by atoms with Gasteiger partial charge in [-0.05, 0) is 44.2 Å². The van der Waals surface area contributed by atoms with Crippen LogP contribution in [-0.4, -0.2) is 77.0 Å². The van der Waals surface area contributed by atoms with Gasteiger partial charge in [0.05, 0.1) is 12.3 Å². The first-order valence-corrected chi connectivity index (χ1v) is 13.3. The van der Waals surface area contributed by atoms with Crippen molar-refractivity contribution in [2.24, 2.45) is 5.92 Å². The van der Waals surface area contributed by atoms with Crippen LogP contribution < -0.4 is 5.32 Å². The number of anilines is 1. The number of ether oxygens (including phenoxy) is 1. The van der Waals surface area contributed by atoms with Crippen LogP contribution in [0.15, 0.2) is 29.6 Å². The predicted octanol–water partition coefficient (Wildman–Crippen LogP) is 4.86. The van der Waals surface area contributed by atoms with Gasteiger partial charge >= 0.3 is 12.1 Å². The first-order valence-electron chi connectivity index (χ1n) is 12.5. The third-order valence-corrected chi connectivity index (χ3v) is 6.90. The molecule has 0 unspecified atom stereocenters. The van der Waals surface area contributed by atoms with E-state index in [1.54, 1.807) is 30.1 Å². The van der Waals surface area contributed by atoms with Crippen LogP contribution in [0.3, 0.4) is 0 Å². The predicted molar refractivity (Wildman–Crippen MR) is 142 cm³/mol. The summed E-state index contributed by atoms with van der Waals surface area (Å²) in [7, 11) is 1.35. The number of nitrogens with one attached hydrogen (secondary N) is 1. The number of piperidine rings is 1. The first-order chi connectivity index (χ1) is 17.7. The molecule has 1 aromatic carbocycles. The standard InChI is InChI=1S/C26H34N6O4S/c1-5-36-26(35)31-13-11-21(12-14-31)28-24-29-22(16-37-24)19-6-8-20(9-7-19)23(33)32(15-10-18(2)3)25(34)30(4)17-27/h6-9,16,18,21H,5,10-15H2,1-4H3,(H,28,29). The molecule has 1 saturated heterocycles. The maximum Gasteiger partial charge on any atom is 0.409 e. The van der Waals surface area contributed by atoms with Crippen molar-refractivity contribution in [3.63, 3.8) is 0 Å². The smallest absolute Gasteiger partial charge is 0.409 e. The fourth-order valence-corrected chi connectivity index (χ4v) is 4.70. The van der Waals surface area contributed by atoms with Crippen LogP contribution in [0.5, 0.6) is 0 Å². The number of aromatic nitrogens is 1. The average Bonchev–Trinajstić information content (AvgIpc) is 3.37. The maximum atomic E-state index is 13.1. The number of hydrogen-bond acceptors (Lipinski definition) is 8. The number of amides is 4. The number of likely N-dealkylation sites (tertiary alicyclic amines) is 1. The summed E-state index contributed by atoms with van der Waals surface area (Å²) < 4.78 is 5.07. The lowest BCUT2D eigenvalue weighted by Gasteiger charge is -2.31. The minimum Gasteiger partial charge on any atom is -0.450 e. The number of carbonyl (C=O) groups is 3. The Bertz CT molecular complexity index is 1120. The summed E-state index contributed by atoms with van der Waals surface area (Å²) in [5.74, 6) is -0.135. The molecule has 1 aromatic heterocycles. The number of nitrogens with zero attached hydrogens (tertiary/aromatic N) is 5. The number of carbonyl (C=O) groups excluding carboxylic acids is 3. The van der Waals surface area contributed by atoms with Gasteiger partial charge in [-0.2, -0.15) is 5.26 Å². The van der Waals surface area contributed by atoms with Crippen LogP contribution in [0, 0.1) is 17.4 Å². The molecule has 198 valence electrons. The third kappa shape index (κ3) is 7.43. The molecule has 0 atom stereocenters. The topological polar surface area (TPSA) is 119 Å². The summed E-state index contributed by atoms with van der Waals surface area (Å²) in [6.07, 6.45) is 3.79. The van der Waals surface area contributed by atoms with E-state index in [-0.39, 0.29) is 18.7 Å². The molecular formula is C26H34N6O4S. The van der Waals surface area contributed by atoms with Crippen LogP contribution in [-0.2, 0) is 4.74 Å². The van der Waals surface area contributed by atoms with Gasteiger partial charge in [-0.3, -0.25) is 9.69 Å². The Hall–Kier alpha value is -3.65. The van der Waals surface area contributed by atoms with Crippen LogP contribution >= 0.6 is 11.3 Å². The molecule has 0 saturated carbocycles. The minimum atomic E-state index is -0.638. The van der Waals surface area contributed by atoms with Crippen molar-refractivity contribution < 1.29 is 19.1 Å². The quantitative estimate of drug-likeness (QED) is 0.385. The second-order valence-electron chi connectivity index (χ2n) is 9.30. The monoisotopic (exact) mass is 526 g/mol. The van der Waals surface area contributed by atoms with Gasteiger partial charge in [-0.1, -0.05) is 26.0 Å². The molecule has 4 amide bonds. The molecule has 37 heavy (non-hydrogen) atoms. The van der Waals surface area contributed by atoms with E-state index >= 15 is 0 Å². The summed E-state index contributed by atoms with van der Waals surface area (Å²) in [4.78, 5) is 46.0. The molecule has 3 rings (SSSR count). The molecule has 0 bridgehead atoms. The van der Waals surface area contributed by atoms with E-state index in [4.69, 9.17) is 10.00 Å². The third-order valence-electron chi connectivity index (χ3n) is 6.12. The Balaban J connectivity index is 1.62. The first kappa shape index (κ1) is 27.9. The average molecular weight is 527 g/mol. The number of imide groups is 1. The Morgan fingerprint density at radius 1 is 1.24 bits per heavy atom. The van der Waals surface area contributed by atoms with E-state index in [0.717, 1.165) is 39.0 Å². The lowest BCUT2D eigenvalue weighted by Crippen LogP contribution is -2.43. The van der Waals surface area contributed by atoms with Crippen molar-refractivity contribution in [1.82, 2.24) is 19.7 Å². The van der Waals surface area contributed by atoms with Crippen LogP contribution in [0.2, 0.25) is 0 Å². The molecule has 0 radical (unpaired) electrons. The number of rotatable bonds is 8. The highest BCUT2D eigenvalue weighted by atomic mass is 32.1. The fraction of sp³-hybridized carbons (Fsp3) is 0.500. The molecule has 1 N–H and O–H groups in total. The summed E-state index contributed by atoms with van der Waals surface area (Å²) >= 11 is 1.50. The molecule has 0 spiro atoms. The molecule has 11 heteroatoms. The lowest BCUT2D eigenvalue weighted by atomic mass is 10.1. The van der Waals surface area contributed by atoms with Gasteiger partial charge in [0, 0.05) is 49.2 Å². The van der Waals surface area contributed by atoms with Gasteiger partial charge in [0.25, 0.3) is 5.91 Å². The van der Waals surface area contributed by atoms with Crippen molar-refractivity contribution in [2.75, 3.05) is 38.6 Å². The second kappa shape index (κ2) is 13.1. The van der Waals surface area contributed by atoms with Gasteiger partial charge in [-0.15, -0.1) is 11.3 Å². The number of benzene rings is 1. The highest BCUT2D eigenvalue weighted by Crippen LogP contribution is 2.27. The van der Waals surface area contributed by atoms with E-state index in [0.29, 0.717) is 37.6 Å². The lowest BCUT2D eigenvalue weighted by molar-refractivity contribution is 0.0775. The molecule has 1 aliphatic rings. The van der Waals surface area contributed by atoms with Gasteiger partial charge in [0.1, 0.15) is 0 Å². The summed E-state index contributed by atoms with van der Waals surface area (Å²) in [6.45, 7) is 7.73. The van der Waals surface area contributed by atoms with Crippen molar-refractivity contribution in [3.8, 4) is 17.5 Å². The fourth-order valence-electron chi connectivity index (χ4n) is 3.90. The van der Waals surface area contributed by atoms with E-state index in [9.17, 15) is 14.4 Å². The molecule has 1 aliphatic heterocycles. The van der Waals surface area contributed by atoms with Crippen molar-refractivity contribution >= 4 is 34.5 Å². The number of nitriles is 1. The zero-order chi connectivity index (χ0) is 26.9. The largest absolute Gasteiger partial charge is 0.450 e. The summed E-state index contributed by atoms with van der Waals surface area (Å²) in [6, 6.07) is 6.56. The Morgan fingerprint density at radius 3 is 2.51 bits per heavy atom. The van der Waals surface area contributed by atoms with E-state index in [1.807, 2.05) is 31.4 Å². The van der Waals surface area contributed by atoms with Gasteiger partial charge < -0.3 is 15.0 Å². The van der Waals surface area contributed by atoms with Crippen LogP contribution in [0.25, 0.3) is 11.3 Å². The molecule has 2 heterocycles. The zero-order valence-electron chi connectivity index (χ0n) is 21.8. The minimum absolute atomic E-state index is 0.227. The zero-order valence-corrected chi connectivity index (χ0v) is 22.6. The van der Waals surface area contributed by atoms with Gasteiger partial charge in [-0.25, -0.2) is 19.5 Å². The van der Waals surface area contributed by atoms with Crippen molar-refractivity contribution in [2.45, 2.75) is 46.1 Å². The second-order valence-corrected chi connectivity index (χ2v) is 10.2. The molecule has 10 nitrogen and oxygen atoms in total. The molecule has 0 aliphatic carbocycles. The number of urea groups is 1. The normalized spacial score (nSPS) is 13.7. The maximum absolute atomic E-state index is 13.1. The summed E-state index contributed by atoms with van der Waals surface area (Å²) in [5, 5.41) is 15.3. The van der Waals surface area contributed by atoms with Crippen molar-refractivity contribution in [3.05, 3.63) is 35.2 Å².